The van der Waals surface area contributed by atoms with Crippen molar-refractivity contribution in [2.75, 3.05) is 5.32 Å². The van der Waals surface area contributed by atoms with Crippen LogP contribution in [0.5, 0.6) is 0 Å². The van der Waals surface area contributed by atoms with Crippen LogP contribution in [0, 0.1) is 13.8 Å². The van der Waals surface area contributed by atoms with E-state index in [1.165, 1.54) is 33.5 Å². The number of benzene rings is 3. The standard InChI is InChI=1S/C30H30N2/c1-5-13-29-30(26-18-10-11-19-27(26)31-25-16-8-7-9-17-25)23(4)28(6-2)32(29)21-24-15-12-14-22(3)20-24/h5-20,31H,2,21H2,1,3-4H3/b13-5-. The predicted octanol–water partition coefficient (Wildman–Crippen LogP) is 8.24. The quantitative estimate of drug-likeness (QED) is 0.320. The lowest BCUT2D eigenvalue weighted by Gasteiger charge is -2.14. The van der Waals surface area contributed by atoms with Gasteiger partial charge in [0, 0.05) is 40.4 Å². The maximum atomic E-state index is 4.15. The summed E-state index contributed by atoms with van der Waals surface area (Å²) in [6.45, 7) is 11.4. The maximum absolute atomic E-state index is 4.15. The lowest BCUT2D eigenvalue weighted by Crippen LogP contribution is -2.04. The zero-order valence-corrected chi connectivity index (χ0v) is 19.1. The Morgan fingerprint density at radius 1 is 0.875 bits per heavy atom. The minimum absolute atomic E-state index is 0.803. The first-order valence-corrected chi connectivity index (χ1v) is 11.1. The number of rotatable bonds is 7. The summed E-state index contributed by atoms with van der Waals surface area (Å²) in [6, 6.07) is 27.6. The molecule has 1 aromatic heterocycles. The van der Waals surface area contributed by atoms with Gasteiger partial charge in [0.05, 0.1) is 0 Å². The van der Waals surface area contributed by atoms with Crippen molar-refractivity contribution in [2.45, 2.75) is 27.3 Å². The van der Waals surface area contributed by atoms with E-state index in [4.69, 9.17) is 0 Å². The van der Waals surface area contributed by atoms with Gasteiger partial charge in [-0.05, 0) is 62.2 Å². The molecule has 0 fully saturated rings. The highest BCUT2D eigenvalue weighted by Crippen LogP contribution is 2.39. The van der Waals surface area contributed by atoms with E-state index in [0.717, 1.165) is 23.6 Å². The van der Waals surface area contributed by atoms with Gasteiger partial charge >= 0.3 is 0 Å². The smallest absolute Gasteiger partial charge is 0.0494 e. The summed E-state index contributed by atoms with van der Waals surface area (Å²) in [7, 11) is 0. The van der Waals surface area contributed by atoms with Crippen molar-refractivity contribution in [3.05, 3.63) is 120 Å². The Kier molecular flexibility index (Phi) is 6.42. The molecule has 0 unspecified atom stereocenters. The van der Waals surface area contributed by atoms with Gasteiger partial charge in [0.15, 0.2) is 0 Å². The number of para-hydroxylation sites is 2. The lowest BCUT2D eigenvalue weighted by atomic mass is 9.98. The van der Waals surface area contributed by atoms with Gasteiger partial charge in [-0.15, -0.1) is 0 Å². The molecule has 4 aromatic rings. The molecule has 2 nitrogen and oxygen atoms in total. The topological polar surface area (TPSA) is 17.0 Å². The number of aryl methyl sites for hydroxylation is 1. The minimum atomic E-state index is 0.803. The number of nitrogens with one attached hydrogen (secondary N) is 1. The van der Waals surface area contributed by atoms with Crippen LogP contribution in [-0.2, 0) is 6.54 Å². The molecule has 32 heavy (non-hydrogen) atoms. The Balaban J connectivity index is 1.89. The van der Waals surface area contributed by atoms with E-state index in [0.29, 0.717) is 0 Å². The summed E-state index contributed by atoms with van der Waals surface area (Å²) < 4.78 is 2.38. The van der Waals surface area contributed by atoms with Crippen LogP contribution in [0.25, 0.3) is 23.3 Å². The molecule has 2 heteroatoms. The van der Waals surface area contributed by atoms with Crippen LogP contribution in [-0.4, -0.2) is 4.57 Å². The molecule has 0 atom stereocenters. The monoisotopic (exact) mass is 418 g/mol. The van der Waals surface area contributed by atoms with Gasteiger partial charge in [-0.2, -0.15) is 0 Å². The largest absolute Gasteiger partial charge is 0.355 e. The molecule has 0 aliphatic carbocycles. The van der Waals surface area contributed by atoms with Crippen LogP contribution < -0.4 is 5.32 Å². The fourth-order valence-corrected chi connectivity index (χ4v) is 4.37. The van der Waals surface area contributed by atoms with Gasteiger partial charge in [-0.25, -0.2) is 0 Å². The Morgan fingerprint density at radius 2 is 1.62 bits per heavy atom. The molecule has 4 rings (SSSR count). The van der Waals surface area contributed by atoms with Crippen LogP contribution >= 0.6 is 0 Å². The Hall–Kier alpha value is -3.78. The SMILES string of the molecule is C=Cc1c(C)c(-c2ccccc2Nc2ccccc2)c(/C=C\C)n1Cc1cccc(C)c1. The molecule has 0 saturated carbocycles. The first-order valence-electron chi connectivity index (χ1n) is 11.1. The number of hydrogen-bond acceptors (Lipinski definition) is 1. The summed E-state index contributed by atoms with van der Waals surface area (Å²) in [6.07, 6.45) is 6.31. The minimum Gasteiger partial charge on any atom is -0.355 e. The van der Waals surface area contributed by atoms with Gasteiger partial charge in [-0.1, -0.05) is 78.9 Å². The van der Waals surface area contributed by atoms with Gasteiger partial charge in [0.25, 0.3) is 0 Å². The van der Waals surface area contributed by atoms with Crippen LogP contribution in [0.2, 0.25) is 0 Å². The highest BCUT2D eigenvalue weighted by molar-refractivity contribution is 5.89. The van der Waals surface area contributed by atoms with E-state index in [1.54, 1.807) is 0 Å². The number of hydrogen-bond donors (Lipinski definition) is 1. The third-order valence-corrected chi connectivity index (χ3v) is 5.79. The summed E-state index contributed by atoms with van der Waals surface area (Å²) in [5.74, 6) is 0. The van der Waals surface area contributed by atoms with Crippen LogP contribution in [0.3, 0.4) is 0 Å². The molecule has 160 valence electrons. The average Bonchev–Trinajstić information content (AvgIpc) is 3.05. The van der Waals surface area contributed by atoms with Gasteiger partial charge < -0.3 is 9.88 Å². The third-order valence-electron chi connectivity index (χ3n) is 5.79. The molecular weight excluding hydrogens is 388 g/mol. The Labute approximate surface area is 191 Å². The molecule has 0 saturated heterocycles. The van der Waals surface area contributed by atoms with E-state index >= 15 is 0 Å². The Morgan fingerprint density at radius 3 is 2.34 bits per heavy atom. The zero-order chi connectivity index (χ0) is 22.5. The van der Waals surface area contributed by atoms with Gasteiger partial charge in [0.2, 0.25) is 0 Å². The summed E-state index contributed by atoms with van der Waals surface area (Å²) in [5, 5.41) is 3.61. The molecule has 0 bridgehead atoms. The van der Waals surface area contributed by atoms with E-state index in [2.05, 4.69) is 122 Å². The first kappa shape index (κ1) is 21.5. The van der Waals surface area contributed by atoms with Crippen LogP contribution in [0.1, 0.15) is 35.0 Å². The normalized spacial score (nSPS) is 11.1. The number of anilines is 2. The zero-order valence-electron chi connectivity index (χ0n) is 19.1. The van der Waals surface area contributed by atoms with Crippen LogP contribution in [0.4, 0.5) is 11.4 Å². The van der Waals surface area contributed by atoms with E-state index < -0.39 is 0 Å². The van der Waals surface area contributed by atoms with Crippen molar-refractivity contribution in [2.24, 2.45) is 0 Å². The summed E-state index contributed by atoms with van der Waals surface area (Å²) in [4.78, 5) is 0. The number of nitrogens with zero attached hydrogens (tertiary/aromatic N) is 1. The predicted molar refractivity (Wildman–Crippen MR) is 139 cm³/mol. The second-order valence-corrected chi connectivity index (χ2v) is 8.09. The molecule has 0 aliphatic heterocycles. The van der Waals surface area contributed by atoms with Crippen molar-refractivity contribution in [3.8, 4) is 11.1 Å². The molecule has 0 amide bonds. The average molecular weight is 419 g/mol. The van der Waals surface area contributed by atoms with E-state index in [9.17, 15) is 0 Å². The third kappa shape index (κ3) is 4.31. The van der Waals surface area contributed by atoms with E-state index in [1.807, 2.05) is 12.1 Å². The molecular formula is C30H30N2. The highest BCUT2D eigenvalue weighted by atomic mass is 15.0. The van der Waals surface area contributed by atoms with Crippen molar-refractivity contribution in [3.63, 3.8) is 0 Å². The molecule has 1 N–H and O–H groups in total. The fraction of sp³-hybridized carbons (Fsp3) is 0.133. The number of aromatic nitrogens is 1. The molecule has 3 aromatic carbocycles. The second-order valence-electron chi connectivity index (χ2n) is 8.09. The highest BCUT2D eigenvalue weighted by Gasteiger charge is 2.20. The second kappa shape index (κ2) is 9.57. The van der Waals surface area contributed by atoms with Gasteiger partial charge in [-0.3, -0.25) is 0 Å². The van der Waals surface area contributed by atoms with Gasteiger partial charge in [0.1, 0.15) is 0 Å². The van der Waals surface area contributed by atoms with Crippen molar-refractivity contribution >= 4 is 23.5 Å². The summed E-state index contributed by atoms with van der Waals surface area (Å²) >= 11 is 0. The van der Waals surface area contributed by atoms with Crippen molar-refractivity contribution in [1.29, 1.82) is 0 Å². The molecule has 0 radical (unpaired) electrons. The number of allylic oxidation sites excluding steroid dienone is 1. The fourth-order valence-electron chi connectivity index (χ4n) is 4.37. The molecule has 0 spiro atoms. The van der Waals surface area contributed by atoms with Crippen molar-refractivity contribution in [1.82, 2.24) is 4.57 Å². The van der Waals surface area contributed by atoms with Crippen molar-refractivity contribution < 1.29 is 0 Å². The summed E-state index contributed by atoms with van der Waals surface area (Å²) in [5.41, 5.74) is 10.8. The Bertz CT molecular complexity index is 1260. The molecule has 1 heterocycles. The molecule has 0 aliphatic rings. The van der Waals surface area contributed by atoms with Crippen LogP contribution in [0.15, 0.2) is 91.5 Å². The van der Waals surface area contributed by atoms with E-state index in [-0.39, 0.29) is 0 Å². The first-order chi connectivity index (χ1) is 15.6. The lowest BCUT2D eigenvalue weighted by molar-refractivity contribution is 0.787. The maximum Gasteiger partial charge on any atom is 0.0494 e.